The van der Waals surface area contributed by atoms with Crippen LogP contribution in [-0.4, -0.2) is 34.3 Å². The quantitative estimate of drug-likeness (QED) is 0.311. The molecule has 0 aliphatic carbocycles. The molecule has 0 spiro atoms. The maximum atomic E-state index is 10.4. The highest BCUT2D eigenvalue weighted by molar-refractivity contribution is 5.93. The van der Waals surface area contributed by atoms with Crippen LogP contribution < -0.4 is 0 Å². The maximum absolute atomic E-state index is 10.4. The molecule has 0 aromatic carbocycles. The van der Waals surface area contributed by atoms with Gasteiger partial charge in [-0.3, -0.25) is 10.0 Å². The number of carboxylic acid groups (broad SMARTS) is 1. The monoisotopic (exact) mass is 145 g/mol. The Labute approximate surface area is 57.1 Å². The van der Waals surface area contributed by atoms with Crippen molar-refractivity contribution < 1.29 is 19.9 Å². The molecule has 0 saturated carbocycles. The second kappa shape index (κ2) is 3.62. The van der Waals surface area contributed by atoms with Crippen LogP contribution >= 0.6 is 0 Å². The first-order chi connectivity index (χ1) is 4.54. The molecule has 0 saturated heterocycles. The van der Waals surface area contributed by atoms with Gasteiger partial charge in [0.1, 0.15) is 0 Å². The number of amides is 1. The lowest BCUT2D eigenvalue weighted by Gasteiger charge is -2.01. The summed E-state index contributed by atoms with van der Waals surface area (Å²) in [5.41, 5.74) is 0. The van der Waals surface area contributed by atoms with Gasteiger partial charge < -0.3 is 5.11 Å². The van der Waals surface area contributed by atoms with E-state index in [0.717, 1.165) is 13.1 Å². The molecule has 5 heteroatoms. The van der Waals surface area contributed by atoms with Crippen LogP contribution in [0.1, 0.15) is 0 Å². The molecule has 0 bridgehead atoms. The first-order valence-electron chi connectivity index (χ1n) is 2.41. The van der Waals surface area contributed by atoms with Gasteiger partial charge in [0.05, 0.1) is 0 Å². The van der Waals surface area contributed by atoms with E-state index in [1.54, 1.807) is 0 Å². The summed E-state index contributed by atoms with van der Waals surface area (Å²) in [6.07, 6.45) is 1.40. The van der Waals surface area contributed by atoms with Crippen LogP contribution in [0.15, 0.2) is 12.2 Å². The van der Waals surface area contributed by atoms with Crippen molar-refractivity contribution in [2.24, 2.45) is 0 Å². The number of nitrogens with zero attached hydrogens (tertiary/aromatic N) is 1. The minimum Gasteiger partial charge on any atom is -0.478 e. The third kappa shape index (κ3) is 3.62. The molecule has 0 aromatic rings. The van der Waals surface area contributed by atoms with Crippen LogP contribution in [0.4, 0.5) is 0 Å². The zero-order valence-corrected chi connectivity index (χ0v) is 5.31. The zero-order chi connectivity index (χ0) is 8.15. The number of rotatable bonds is 2. The van der Waals surface area contributed by atoms with Gasteiger partial charge in [0.2, 0.25) is 0 Å². The summed E-state index contributed by atoms with van der Waals surface area (Å²) in [5.74, 6) is -2.00. The highest BCUT2D eigenvalue weighted by Gasteiger charge is 1.99. The Morgan fingerprint density at radius 2 is 1.90 bits per heavy atom. The number of hydrogen-bond acceptors (Lipinski definition) is 3. The smallest absolute Gasteiger partial charge is 0.328 e. The van der Waals surface area contributed by atoms with Crippen LogP contribution in [0.3, 0.4) is 0 Å². The average Bonchev–Trinajstić information content (AvgIpc) is 1.82. The van der Waals surface area contributed by atoms with Gasteiger partial charge in [-0.05, 0) is 0 Å². The number of hydroxylamine groups is 2. The SMILES string of the molecule is CN(O)C(=O)/C=C/C(=O)O. The summed E-state index contributed by atoms with van der Waals surface area (Å²) in [5, 5.41) is 16.7. The number of carbonyl (C=O) groups excluding carboxylic acids is 1. The lowest BCUT2D eigenvalue weighted by molar-refractivity contribution is -0.153. The first kappa shape index (κ1) is 8.64. The van der Waals surface area contributed by atoms with E-state index in [9.17, 15) is 9.59 Å². The van der Waals surface area contributed by atoms with Gasteiger partial charge in [0, 0.05) is 19.2 Å². The predicted molar refractivity (Wildman–Crippen MR) is 31.3 cm³/mol. The Balaban J connectivity index is 3.90. The van der Waals surface area contributed by atoms with Crippen LogP contribution in [0.5, 0.6) is 0 Å². The molecule has 0 aromatic heterocycles. The van der Waals surface area contributed by atoms with E-state index in [1.165, 1.54) is 0 Å². The Bertz CT molecular complexity index is 172. The van der Waals surface area contributed by atoms with E-state index in [4.69, 9.17) is 10.3 Å². The van der Waals surface area contributed by atoms with E-state index >= 15 is 0 Å². The zero-order valence-electron chi connectivity index (χ0n) is 5.31. The molecule has 10 heavy (non-hydrogen) atoms. The van der Waals surface area contributed by atoms with Crippen molar-refractivity contribution in [1.29, 1.82) is 0 Å². The van der Waals surface area contributed by atoms with E-state index in [1.807, 2.05) is 0 Å². The van der Waals surface area contributed by atoms with Crippen LogP contribution in [-0.2, 0) is 9.59 Å². The normalized spacial score (nSPS) is 9.80. The molecule has 0 aliphatic heterocycles. The highest BCUT2D eigenvalue weighted by Crippen LogP contribution is 1.80. The molecule has 56 valence electrons. The fourth-order valence-electron chi connectivity index (χ4n) is 0.250. The van der Waals surface area contributed by atoms with Crippen molar-refractivity contribution in [3.63, 3.8) is 0 Å². The number of hydrogen-bond donors (Lipinski definition) is 2. The fraction of sp³-hybridized carbons (Fsp3) is 0.200. The Morgan fingerprint density at radius 1 is 1.40 bits per heavy atom. The molecule has 0 rings (SSSR count). The van der Waals surface area contributed by atoms with E-state index in [2.05, 4.69) is 0 Å². The number of carboxylic acids is 1. The molecular formula is C5H7NO4. The molecule has 5 nitrogen and oxygen atoms in total. The molecule has 2 N–H and O–H groups in total. The average molecular weight is 145 g/mol. The van der Waals surface area contributed by atoms with Gasteiger partial charge in [-0.2, -0.15) is 0 Å². The van der Waals surface area contributed by atoms with Gasteiger partial charge in [-0.15, -0.1) is 0 Å². The highest BCUT2D eigenvalue weighted by atomic mass is 16.5. The van der Waals surface area contributed by atoms with Gasteiger partial charge >= 0.3 is 5.97 Å². The van der Waals surface area contributed by atoms with Crippen molar-refractivity contribution in [3.05, 3.63) is 12.2 Å². The van der Waals surface area contributed by atoms with Gasteiger partial charge in [0.25, 0.3) is 5.91 Å². The molecule has 0 radical (unpaired) electrons. The lowest BCUT2D eigenvalue weighted by atomic mass is 10.5. The molecular weight excluding hydrogens is 138 g/mol. The van der Waals surface area contributed by atoms with E-state index in [-0.39, 0.29) is 0 Å². The van der Waals surface area contributed by atoms with Gasteiger partial charge in [-0.1, -0.05) is 0 Å². The summed E-state index contributed by atoms with van der Waals surface area (Å²) in [6, 6.07) is 0. The second-order valence-corrected chi connectivity index (χ2v) is 1.53. The Kier molecular flexibility index (Phi) is 3.13. The van der Waals surface area contributed by atoms with Crippen molar-refractivity contribution in [3.8, 4) is 0 Å². The van der Waals surface area contributed by atoms with Crippen LogP contribution in [0, 0.1) is 0 Å². The molecule has 0 fully saturated rings. The second-order valence-electron chi connectivity index (χ2n) is 1.53. The molecule has 0 unspecified atom stereocenters. The molecule has 0 heterocycles. The summed E-state index contributed by atoms with van der Waals surface area (Å²) >= 11 is 0. The number of aliphatic carboxylic acids is 1. The van der Waals surface area contributed by atoms with Crippen molar-refractivity contribution in [2.45, 2.75) is 0 Å². The topological polar surface area (TPSA) is 77.8 Å². The first-order valence-corrected chi connectivity index (χ1v) is 2.41. The maximum Gasteiger partial charge on any atom is 0.328 e. The Morgan fingerprint density at radius 3 is 2.20 bits per heavy atom. The fourth-order valence-corrected chi connectivity index (χ4v) is 0.250. The van der Waals surface area contributed by atoms with Crippen molar-refractivity contribution >= 4 is 11.9 Å². The third-order valence-electron chi connectivity index (χ3n) is 0.687. The largest absolute Gasteiger partial charge is 0.478 e. The summed E-state index contributed by atoms with van der Waals surface area (Å²) in [6.45, 7) is 0. The Hall–Kier alpha value is -1.36. The summed E-state index contributed by atoms with van der Waals surface area (Å²) in [7, 11) is 1.11. The number of likely N-dealkylation sites (N-methyl/N-ethyl adjacent to an activating group) is 1. The molecule has 0 aliphatic rings. The van der Waals surface area contributed by atoms with Crippen molar-refractivity contribution in [2.75, 3.05) is 7.05 Å². The summed E-state index contributed by atoms with van der Waals surface area (Å²) < 4.78 is 0. The predicted octanol–water partition coefficient (Wildman–Crippen LogP) is -0.525. The van der Waals surface area contributed by atoms with Gasteiger partial charge in [0.15, 0.2) is 0 Å². The lowest BCUT2D eigenvalue weighted by Crippen LogP contribution is -2.19. The third-order valence-corrected chi connectivity index (χ3v) is 0.687. The standard InChI is InChI=1S/C5H7NO4/c1-6(10)4(7)2-3-5(8)9/h2-3,10H,1H3,(H,8,9)/b3-2+. The number of carbonyl (C=O) groups is 2. The van der Waals surface area contributed by atoms with E-state index < -0.39 is 11.9 Å². The van der Waals surface area contributed by atoms with Gasteiger partial charge in [-0.25, -0.2) is 9.86 Å². The van der Waals surface area contributed by atoms with Crippen LogP contribution in [0.25, 0.3) is 0 Å². The molecule has 1 amide bonds. The van der Waals surface area contributed by atoms with Crippen LogP contribution in [0.2, 0.25) is 0 Å². The summed E-state index contributed by atoms with van der Waals surface area (Å²) in [4.78, 5) is 20.2. The molecule has 0 atom stereocenters. The van der Waals surface area contributed by atoms with Crippen molar-refractivity contribution in [1.82, 2.24) is 5.06 Å². The minimum atomic E-state index is -1.23. The van der Waals surface area contributed by atoms with E-state index in [0.29, 0.717) is 11.1 Å². The minimum absolute atomic E-state index is 0.291.